The van der Waals surface area contributed by atoms with Crippen molar-refractivity contribution in [2.75, 3.05) is 7.11 Å². The van der Waals surface area contributed by atoms with Gasteiger partial charge in [0.05, 0.1) is 23.6 Å². The molecule has 1 aromatic rings. The maximum Gasteiger partial charge on any atom is 0.137 e. The summed E-state index contributed by atoms with van der Waals surface area (Å²) < 4.78 is 5.07. The number of aryl methyl sites for hydroxylation is 1. The topological polar surface area (TPSA) is 29.5 Å². The number of methoxy groups -OCH3 is 1. The van der Waals surface area contributed by atoms with E-state index in [1.807, 2.05) is 6.92 Å². The molecule has 0 heterocycles. The predicted molar refractivity (Wildman–Crippen MR) is 63.0 cm³/mol. The van der Waals surface area contributed by atoms with Gasteiger partial charge in [-0.25, -0.2) is 0 Å². The van der Waals surface area contributed by atoms with Crippen LogP contribution in [0.25, 0.3) is 0 Å². The second-order valence-corrected chi connectivity index (χ2v) is 4.56. The molecule has 1 aromatic carbocycles. The molecule has 1 N–H and O–H groups in total. The Bertz CT molecular complexity index is 351. The lowest BCUT2D eigenvalue weighted by molar-refractivity contribution is 0.176. The van der Waals surface area contributed by atoms with Gasteiger partial charge >= 0.3 is 0 Å². The van der Waals surface area contributed by atoms with Gasteiger partial charge < -0.3 is 9.84 Å². The number of aliphatic hydroxyl groups excluding tert-OH is 1. The van der Waals surface area contributed by atoms with Crippen LogP contribution in [-0.4, -0.2) is 17.6 Å². The van der Waals surface area contributed by atoms with E-state index in [2.05, 4.69) is 0 Å². The summed E-state index contributed by atoms with van der Waals surface area (Å²) in [5, 5.41) is 9.96. The highest BCUT2D eigenvalue weighted by molar-refractivity contribution is 6.32. The van der Waals surface area contributed by atoms with Crippen molar-refractivity contribution >= 4 is 23.2 Å². The van der Waals surface area contributed by atoms with Crippen LogP contribution in [0.5, 0.6) is 5.75 Å². The van der Waals surface area contributed by atoms with Gasteiger partial charge in [0, 0.05) is 0 Å². The van der Waals surface area contributed by atoms with Crippen molar-refractivity contribution in [1.29, 1.82) is 0 Å². The van der Waals surface area contributed by atoms with E-state index in [-0.39, 0.29) is 5.38 Å². The molecule has 0 aliphatic carbocycles. The summed E-state index contributed by atoms with van der Waals surface area (Å²) in [5.74, 6) is 0.604. The standard InChI is InChI=1S/C11H14Cl2O2/c1-6-4-10(15-3)9(13)5-8(6)11(14)7(2)12/h4-5,7,11,14H,1-3H3. The van der Waals surface area contributed by atoms with E-state index < -0.39 is 6.10 Å². The van der Waals surface area contributed by atoms with Crippen LogP contribution in [0.4, 0.5) is 0 Å². The van der Waals surface area contributed by atoms with E-state index in [1.54, 1.807) is 26.2 Å². The SMILES string of the molecule is COc1cc(C)c(C(O)C(C)Cl)cc1Cl. The van der Waals surface area contributed by atoms with Crippen molar-refractivity contribution in [1.82, 2.24) is 0 Å². The number of aliphatic hydroxyl groups is 1. The van der Waals surface area contributed by atoms with Crippen LogP contribution in [0.15, 0.2) is 12.1 Å². The first kappa shape index (κ1) is 12.6. The van der Waals surface area contributed by atoms with Gasteiger partial charge in [-0.05, 0) is 37.1 Å². The van der Waals surface area contributed by atoms with Crippen LogP contribution in [0.3, 0.4) is 0 Å². The maximum absolute atomic E-state index is 9.84. The van der Waals surface area contributed by atoms with Crippen LogP contribution in [-0.2, 0) is 0 Å². The van der Waals surface area contributed by atoms with Gasteiger partial charge in [0.25, 0.3) is 0 Å². The Morgan fingerprint density at radius 1 is 1.40 bits per heavy atom. The van der Waals surface area contributed by atoms with Gasteiger partial charge in [-0.15, -0.1) is 11.6 Å². The van der Waals surface area contributed by atoms with Crippen molar-refractivity contribution in [3.8, 4) is 5.75 Å². The maximum atomic E-state index is 9.84. The second kappa shape index (κ2) is 5.06. The number of rotatable bonds is 3. The Morgan fingerprint density at radius 2 is 2.00 bits per heavy atom. The van der Waals surface area contributed by atoms with Crippen molar-refractivity contribution in [3.05, 3.63) is 28.3 Å². The molecule has 0 spiro atoms. The van der Waals surface area contributed by atoms with E-state index in [9.17, 15) is 5.11 Å². The van der Waals surface area contributed by atoms with E-state index >= 15 is 0 Å². The van der Waals surface area contributed by atoms with Crippen molar-refractivity contribution in [3.63, 3.8) is 0 Å². The van der Waals surface area contributed by atoms with Crippen molar-refractivity contribution < 1.29 is 9.84 Å². The number of benzene rings is 1. The molecule has 2 atom stereocenters. The van der Waals surface area contributed by atoms with Crippen LogP contribution >= 0.6 is 23.2 Å². The summed E-state index contributed by atoms with van der Waals surface area (Å²) in [7, 11) is 1.56. The fourth-order valence-electron chi connectivity index (χ4n) is 1.39. The largest absolute Gasteiger partial charge is 0.495 e. The zero-order valence-electron chi connectivity index (χ0n) is 8.92. The molecule has 15 heavy (non-hydrogen) atoms. The molecular weight excluding hydrogens is 235 g/mol. The summed E-state index contributed by atoms with van der Waals surface area (Å²) >= 11 is 11.8. The molecule has 0 bridgehead atoms. The van der Waals surface area contributed by atoms with E-state index in [0.717, 1.165) is 11.1 Å². The predicted octanol–water partition coefficient (Wildman–Crippen LogP) is 3.32. The Morgan fingerprint density at radius 3 is 2.47 bits per heavy atom. The highest BCUT2D eigenvalue weighted by atomic mass is 35.5. The van der Waals surface area contributed by atoms with E-state index in [4.69, 9.17) is 27.9 Å². The fraction of sp³-hybridized carbons (Fsp3) is 0.455. The molecule has 0 aliphatic heterocycles. The van der Waals surface area contributed by atoms with Gasteiger partial charge in [-0.3, -0.25) is 0 Å². The zero-order chi connectivity index (χ0) is 11.6. The first-order chi connectivity index (χ1) is 6.97. The van der Waals surface area contributed by atoms with Crippen molar-refractivity contribution in [2.45, 2.75) is 25.3 Å². The normalized spacial score (nSPS) is 14.8. The Balaban J connectivity index is 3.15. The van der Waals surface area contributed by atoms with Gasteiger partial charge in [-0.2, -0.15) is 0 Å². The first-order valence-electron chi connectivity index (χ1n) is 4.63. The third-order valence-electron chi connectivity index (χ3n) is 2.29. The lowest BCUT2D eigenvalue weighted by atomic mass is 10.0. The molecule has 2 nitrogen and oxygen atoms in total. The molecular formula is C11H14Cl2O2. The molecule has 0 aromatic heterocycles. The van der Waals surface area contributed by atoms with Crippen LogP contribution in [0, 0.1) is 6.92 Å². The summed E-state index contributed by atoms with van der Waals surface area (Å²) in [6.45, 7) is 3.63. The molecule has 0 fully saturated rings. The summed E-state index contributed by atoms with van der Waals surface area (Å²) in [4.78, 5) is 0. The Labute approximate surface area is 99.8 Å². The Hall–Kier alpha value is -0.440. The minimum Gasteiger partial charge on any atom is -0.495 e. The van der Waals surface area contributed by atoms with Crippen LogP contribution in [0.2, 0.25) is 5.02 Å². The number of halogens is 2. The van der Waals surface area contributed by atoms with Crippen molar-refractivity contribution in [2.24, 2.45) is 0 Å². The first-order valence-corrected chi connectivity index (χ1v) is 5.45. The monoisotopic (exact) mass is 248 g/mol. The highest BCUT2D eigenvalue weighted by Crippen LogP contribution is 2.32. The third kappa shape index (κ3) is 2.77. The van der Waals surface area contributed by atoms with Gasteiger partial charge in [0.15, 0.2) is 0 Å². The molecule has 4 heteroatoms. The molecule has 1 rings (SSSR count). The number of ether oxygens (including phenoxy) is 1. The van der Waals surface area contributed by atoms with Gasteiger partial charge in [0.2, 0.25) is 0 Å². The third-order valence-corrected chi connectivity index (χ3v) is 2.83. The zero-order valence-corrected chi connectivity index (χ0v) is 10.4. The summed E-state index contributed by atoms with van der Waals surface area (Å²) in [5.41, 5.74) is 1.65. The minimum atomic E-state index is -0.713. The number of alkyl halides is 1. The van der Waals surface area contributed by atoms with Gasteiger partial charge in [-0.1, -0.05) is 11.6 Å². The Kier molecular flexibility index (Phi) is 4.26. The lowest BCUT2D eigenvalue weighted by Gasteiger charge is -2.17. The molecule has 84 valence electrons. The smallest absolute Gasteiger partial charge is 0.137 e. The highest BCUT2D eigenvalue weighted by Gasteiger charge is 2.17. The minimum absolute atomic E-state index is 0.354. The lowest BCUT2D eigenvalue weighted by Crippen LogP contribution is -2.10. The molecule has 2 unspecified atom stereocenters. The molecule has 0 radical (unpaired) electrons. The molecule has 0 amide bonds. The molecule has 0 aliphatic rings. The number of hydrogen-bond acceptors (Lipinski definition) is 2. The summed E-state index contributed by atoms with van der Waals surface area (Å²) in [6, 6.07) is 3.49. The van der Waals surface area contributed by atoms with Crippen LogP contribution < -0.4 is 4.74 Å². The average Bonchev–Trinajstić information content (AvgIpc) is 2.19. The average molecular weight is 249 g/mol. The fourth-order valence-corrected chi connectivity index (χ4v) is 1.78. The van der Waals surface area contributed by atoms with E-state index in [0.29, 0.717) is 10.8 Å². The van der Waals surface area contributed by atoms with Gasteiger partial charge in [0.1, 0.15) is 5.75 Å². The number of hydrogen-bond donors (Lipinski definition) is 1. The van der Waals surface area contributed by atoms with E-state index in [1.165, 1.54) is 0 Å². The summed E-state index contributed by atoms with van der Waals surface area (Å²) in [6.07, 6.45) is -0.713. The second-order valence-electron chi connectivity index (χ2n) is 3.47. The quantitative estimate of drug-likeness (QED) is 0.832. The van der Waals surface area contributed by atoms with Crippen LogP contribution in [0.1, 0.15) is 24.2 Å². The molecule has 0 saturated carbocycles. The molecule has 0 saturated heterocycles.